The first-order valence-electron chi connectivity index (χ1n) is 5.99. The average Bonchev–Trinajstić information content (AvgIpc) is 2.38. The largest absolute Gasteiger partial charge is 0.481 e. The van der Waals surface area contributed by atoms with E-state index in [-0.39, 0.29) is 18.7 Å². The van der Waals surface area contributed by atoms with Crippen LogP contribution in [0.4, 0.5) is 14.5 Å². The number of amides is 1. The van der Waals surface area contributed by atoms with Crippen LogP contribution in [-0.4, -0.2) is 41.5 Å². The third-order valence-electron chi connectivity index (χ3n) is 2.91. The molecular formula is C13H16F2N2O3. The van der Waals surface area contributed by atoms with E-state index in [1.165, 1.54) is 4.90 Å². The zero-order chi connectivity index (χ0) is 15.3. The number of carboxylic acids is 1. The Bertz CT molecular complexity index is 508. The van der Waals surface area contributed by atoms with Gasteiger partial charge in [0.1, 0.15) is 11.6 Å². The average molecular weight is 286 g/mol. The third kappa shape index (κ3) is 4.58. The van der Waals surface area contributed by atoms with E-state index in [9.17, 15) is 18.4 Å². The van der Waals surface area contributed by atoms with Gasteiger partial charge in [0.15, 0.2) is 0 Å². The van der Waals surface area contributed by atoms with Crippen molar-refractivity contribution in [2.24, 2.45) is 0 Å². The Hall–Kier alpha value is -2.02. The van der Waals surface area contributed by atoms with Crippen molar-refractivity contribution in [3.8, 4) is 0 Å². The molecule has 1 unspecified atom stereocenters. The van der Waals surface area contributed by atoms with E-state index in [0.717, 1.165) is 12.1 Å². The number of halogens is 2. The fraction of sp³-hybridized carbons (Fsp3) is 0.385. The molecule has 20 heavy (non-hydrogen) atoms. The Labute approximate surface area is 115 Å². The van der Waals surface area contributed by atoms with Gasteiger partial charge < -0.3 is 10.4 Å². The highest BCUT2D eigenvalue weighted by molar-refractivity contribution is 5.94. The van der Waals surface area contributed by atoms with Crippen molar-refractivity contribution in [3.63, 3.8) is 0 Å². The molecule has 0 aromatic heterocycles. The van der Waals surface area contributed by atoms with E-state index in [1.54, 1.807) is 14.0 Å². The molecule has 1 aromatic carbocycles. The van der Waals surface area contributed by atoms with Crippen molar-refractivity contribution in [1.82, 2.24) is 4.90 Å². The van der Waals surface area contributed by atoms with Crippen molar-refractivity contribution in [3.05, 3.63) is 29.8 Å². The van der Waals surface area contributed by atoms with Crippen LogP contribution in [0.5, 0.6) is 0 Å². The second-order valence-electron chi connectivity index (χ2n) is 4.41. The van der Waals surface area contributed by atoms with Gasteiger partial charge >= 0.3 is 5.97 Å². The van der Waals surface area contributed by atoms with E-state index in [0.29, 0.717) is 6.07 Å². The van der Waals surface area contributed by atoms with E-state index in [4.69, 9.17) is 5.11 Å². The molecule has 110 valence electrons. The molecule has 5 nitrogen and oxygen atoms in total. The second kappa shape index (κ2) is 6.95. The van der Waals surface area contributed by atoms with Gasteiger partial charge in [-0.1, -0.05) is 0 Å². The molecule has 0 saturated heterocycles. The maximum atomic E-state index is 13.4. The molecule has 0 radical (unpaired) electrons. The predicted octanol–water partition coefficient (Wildman–Crippen LogP) is 1.70. The van der Waals surface area contributed by atoms with E-state index < -0.39 is 29.6 Å². The molecule has 1 aromatic rings. The highest BCUT2D eigenvalue weighted by Gasteiger charge is 2.19. The molecule has 7 heteroatoms. The number of carbonyl (C=O) groups is 2. The summed E-state index contributed by atoms with van der Waals surface area (Å²) in [6.45, 7) is 1.76. The van der Waals surface area contributed by atoms with Crippen LogP contribution in [0.3, 0.4) is 0 Å². The SMILES string of the molecule is CC(C(=O)Nc1ccc(F)cc1F)N(C)CCC(=O)O. The summed E-state index contributed by atoms with van der Waals surface area (Å²) >= 11 is 0. The number of aliphatic carboxylic acids is 1. The number of hydrogen-bond acceptors (Lipinski definition) is 3. The van der Waals surface area contributed by atoms with Gasteiger partial charge in [0, 0.05) is 12.6 Å². The molecule has 0 fully saturated rings. The normalized spacial score (nSPS) is 12.2. The lowest BCUT2D eigenvalue weighted by molar-refractivity contribution is -0.137. The number of rotatable bonds is 6. The first-order valence-corrected chi connectivity index (χ1v) is 5.99. The number of anilines is 1. The van der Waals surface area contributed by atoms with Crippen LogP contribution in [0.15, 0.2) is 18.2 Å². The minimum Gasteiger partial charge on any atom is -0.481 e. The molecule has 2 N–H and O–H groups in total. The van der Waals surface area contributed by atoms with Crippen LogP contribution in [0.2, 0.25) is 0 Å². The molecule has 1 rings (SSSR count). The Morgan fingerprint density at radius 3 is 2.60 bits per heavy atom. The van der Waals surface area contributed by atoms with E-state index in [2.05, 4.69) is 5.32 Å². The Balaban J connectivity index is 2.63. The van der Waals surface area contributed by atoms with Crippen LogP contribution in [-0.2, 0) is 9.59 Å². The quantitative estimate of drug-likeness (QED) is 0.835. The summed E-state index contributed by atoms with van der Waals surface area (Å²) in [6.07, 6.45) is -0.0982. The predicted molar refractivity (Wildman–Crippen MR) is 69.3 cm³/mol. The van der Waals surface area contributed by atoms with Gasteiger partial charge in [-0.25, -0.2) is 8.78 Å². The molecule has 0 spiro atoms. The Morgan fingerprint density at radius 1 is 1.40 bits per heavy atom. The monoisotopic (exact) mass is 286 g/mol. The fourth-order valence-electron chi connectivity index (χ4n) is 1.49. The molecule has 0 bridgehead atoms. The molecule has 1 atom stereocenters. The van der Waals surface area contributed by atoms with Gasteiger partial charge in [-0.05, 0) is 26.1 Å². The second-order valence-corrected chi connectivity index (χ2v) is 4.41. The minimum absolute atomic E-state index is 0.0982. The maximum Gasteiger partial charge on any atom is 0.304 e. The smallest absolute Gasteiger partial charge is 0.304 e. The summed E-state index contributed by atoms with van der Waals surface area (Å²) in [5, 5.41) is 10.9. The number of nitrogens with one attached hydrogen (secondary N) is 1. The van der Waals surface area contributed by atoms with Crippen molar-refractivity contribution in [2.75, 3.05) is 18.9 Å². The first-order chi connectivity index (χ1) is 9.31. The van der Waals surface area contributed by atoms with Gasteiger partial charge in [-0.2, -0.15) is 0 Å². The number of likely N-dealkylation sites (N-methyl/N-ethyl adjacent to an activating group) is 1. The van der Waals surface area contributed by atoms with Crippen molar-refractivity contribution in [2.45, 2.75) is 19.4 Å². The van der Waals surface area contributed by atoms with Crippen LogP contribution < -0.4 is 5.32 Å². The molecule has 0 saturated carbocycles. The minimum atomic E-state index is -0.964. The molecule has 0 aliphatic rings. The third-order valence-corrected chi connectivity index (χ3v) is 2.91. The highest BCUT2D eigenvalue weighted by atomic mass is 19.1. The summed E-state index contributed by atoms with van der Waals surface area (Å²) in [5.41, 5.74) is -0.116. The maximum absolute atomic E-state index is 13.4. The fourth-order valence-corrected chi connectivity index (χ4v) is 1.49. The lowest BCUT2D eigenvalue weighted by Gasteiger charge is -2.23. The zero-order valence-electron chi connectivity index (χ0n) is 11.2. The number of benzene rings is 1. The van der Waals surface area contributed by atoms with Crippen LogP contribution in [0, 0.1) is 11.6 Å². The lowest BCUT2D eigenvalue weighted by atomic mass is 10.2. The van der Waals surface area contributed by atoms with Gasteiger partial charge in [0.2, 0.25) is 5.91 Å². The standard InChI is InChI=1S/C13H16F2N2O3/c1-8(17(2)6-5-12(18)19)13(20)16-11-4-3-9(14)7-10(11)15/h3-4,7-8H,5-6H2,1-2H3,(H,16,20)(H,18,19). The van der Waals surface area contributed by atoms with Gasteiger partial charge in [-0.3, -0.25) is 14.5 Å². The molecule has 0 heterocycles. The van der Waals surface area contributed by atoms with Crippen molar-refractivity contribution >= 4 is 17.6 Å². The number of nitrogens with zero attached hydrogens (tertiary/aromatic N) is 1. The Kier molecular flexibility index (Phi) is 5.57. The zero-order valence-corrected chi connectivity index (χ0v) is 11.2. The number of hydrogen-bond donors (Lipinski definition) is 2. The first kappa shape index (κ1) is 16.0. The lowest BCUT2D eigenvalue weighted by Crippen LogP contribution is -2.40. The topological polar surface area (TPSA) is 69.6 Å². The van der Waals surface area contributed by atoms with E-state index >= 15 is 0 Å². The van der Waals surface area contributed by atoms with Crippen LogP contribution >= 0.6 is 0 Å². The van der Waals surface area contributed by atoms with Gasteiger partial charge in [0.05, 0.1) is 18.2 Å². The molecule has 0 aliphatic carbocycles. The van der Waals surface area contributed by atoms with Crippen molar-refractivity contribution in [1.29, 1.82) is 0 Å². The summed E-state index contributed by atoms with van der Waals surface area (Å²) < 4.78 is 26.1. The molecule has 1 amide bonds. The van der Waals surface area contributed by atoms with Crippen LogP contribution in [0.25, 0.3) is 0 Å². The number of carbonyl (C=O) groups excluding carboxylic acids is 1. The summed E-state index contributed by atoms with van der Waals surface area (Å²) in [6, 6.07) is 2.21. The summed E-state index contributed by atoms with van der Waals surface area (Å²) in [5.74, 6) is -3.05. The molecular weight excluding hydrogens is 270 g/mol. The van der Waals surface area contributed by atoms with Gasteiger partial charge in [-0.15, -0.1) is 0 Å². The van der Waals surface area contributed by atoms with Crippen molar-refractivity contribution < 1.29 is 23.5 Å². The summed E-state index contributed by atoms with van der Waals surface area (Å²) in [4.78, 5) is 23.9. The van der Waals surface area contributed by atoms with Gasteiger partial charge in [0.25, 0.3) is 0 Å². The van der Waals surface area contributed by atoms with Crippen LogP contribution in [0.1, 0.15) is 13.3 Å². The highest BCUT2D eigenvalue weighted by Crippen LogP contribution is 2.15. The molecule has 0 aliphatic heterocycles. The summed E-state index contributed by atoms with van der Waals surface area (Å²) in [7, 11) is 1.59. The Morgan fingerprint density at radius 2 is 2.05 bits per heavy atom. The number of carboxylic acid groups (broad SMARTS) is 1. The van der Waals surface area contributed by atoms with E-state index in [1.807, 2.05) is 0 Å².